The fourth-order valence-corrected chi connectivity index (χ4v) is 4.38. The molecule has 1 fully saturated rings. The minimum atomic E-state index is -3.52. The summed E-state index contributed by atoms with van der Waals surface area (Å²) in [5.74, 6) is 1.89. The Balaban J connectivity index is 2.03. The van der Waals surface area contributed by atoms with Crippen molar-refractivity contribution in [2.24, 2.45) is 5.92 Å². The van der Waals surface area contributed by atoms with Crippen molar-refractivity contribution in [1.82, 2.24) is 19.1 Å². The Morgan fingerprint density at radius 1 is 1.28 bits per heavy atom. The zero-order chi connectivity index (χ0) is 21.2. The topological polar surface area (TPSA) is 80.6 Å². The van der Waals surface area contributed by atoms with Gasteiger partial charge in [-0.15, -0.1) is 10.2 Å². The number of aromatic nitrogens is 3. The third-order valence-corrected chi connectivity index (χ3v) is 6.84. The van der Waals surface area contributed by atoms with Crippen LogP contribution in [0.3, 0.4) is 0 Å². The molecule has 0 N–H and O–H groups in total. The number of benzene rings is 1. The lowest BCUT2D eigenvalue weighted by Gasteiger charge is -2.33. The molecule has 2 aromatic rings. The van der Waals surface area contributed by atoms with E-state index in [2.05, 4.69) is 40.4 Å². The van der Waals surface area contributed by atoms with Gasteiger partial charge in [0.05, 0.1) is 17.6 Å². The number of sulfonamides is 1. The summed E-state index contributed by atoms with van der Waals surface area (Å²) in [6, 6.07) is 6.92. The van der Waals surface area contributed by atoms with E-state index in [0.29, 0.717) is 18.3 Å². The minimum Gasteiger partial charge on any atom is -0.375 e. The van der Waals surface area contributed by atoms with Gasteiger partial charge in [0.1, 0.15) is 0 Å². The van der Waals surface area contributed by atoms with Crippen LogP contribution in [-0.4, -0.2) is 67.4 Å². The van der Waals surface area contributed by atoms with Gasteiger partial charge >= 0.3 is 0 Å². The number of anilines is 1. The molecule has 9 heteroatoms. The lowest BCUT2D eigenvalue weighted by molar-refractivity contribution is 0.0376. The van der Waals surface area contributed by atoms with Crippen LogP contribution in [0.15, 0.2) is 29.2 Å². The van der Waals surface area contributed by atoms with Crippen LogP contribution in [0.4, 0.5) is 5.95 Å². The summed E-state index contributed by atoms with van der Waals surface area (Å²) >= 11 is 0. The molecule has 1 aromatic carbocycles. The molecule has 0 spiro atoms. The molecule has 0 radical (unpaired) electrons. The van der Waals surface area contributed by atoms with Gasteiger partial charge in [0.15, 0.2) is 5.82 Å². The maximum Gasteiger partial charge on any atom is 0.242 e. The molecule has 1 aliphatic rings. The number of hydrogen-bond acceptors (Lipinski definition) is 6. The molecule has 0 aliphatic carbocycles. The second-order valence-corrected chi connectivity index (χ2v) is 10.1. The fraction of sp³-hybridized carbons (Fsp3) is 0.600. The van der Waals surface area contributed by atoms with Crippen LogP contribution in [-0.2, 0) is 21.3 Å². The Kier molecular flexibility index (Phi) is 6.60. The third-order valence-electron chi connectivity index (χ3n) is 5.03. The Morgan fingerprint density at radius 2 is 2.03 bits per heavy atom. The third kappa shape index (κ3) is 4.62. The van der Waals surface area contributed by atoms with Gasteiger partial charge in [-0.05, 0) is 24.5 Å². The smallest absolute Gasteiger partial charge is 0.242 e. The monoisotopic (exact) mass is 421 g/mol. The van der Waals surface area contributed by atoms with E-state index >= 15 is 0 Å². The van der Waals surface area contributed by atoms with Gasteiger partial charge in [0.2, 0.25) is 16.0 Å². The average molecular weight is 422 g/mol. The molecule has 8 nitrogen and oxygen atoms in total. The Labute approximate surface area is 173 Å². The number of hydrogen-bond donors (Lipinski definition) is 0. The quantitative estimate of drug-likeness (QED) is 0.683. The molecule has 2 heterocycles. The van der Waals surface area contributed by atoms with Crippen molar-refractivity contribution >= 4 is 16.0 Å². The standard InChI is InChI=1S/C20H31N5O3S/c1-6-17-14-24(10-11-28-17)20-22-21-19(25(20)13-15(2)3)16-8-7-9-18(12-16)29(26,27)23(4)5/h7-9,12,15,17H,6,10-11,13-14H2,1-5H3. The first-order valence-electron chi connectivity index (χ1n) is 10.1. The lowest BCUT2D eigenvalue weighted by Crippen LogP contribution is -2.43. The molecule has 1 aliphatic heterocycles. The van der Waals surface area contributed by atoms with Gasteiger partial charge in [0, 0.05) is 39.3 Å². The number of rotatable bonds is 7. The fourth-order valence-electron chi connectivity index (χ4n) is 3.43. The highest BCUT2D eigenvalue weighted by Gasteiger charge is 2.26. The Hall–Kier alpha value is -1.97. The Bertz CT molecular complexity index is 939. The number of nitrogens with zero attached hydrogens (tertiary/aromatic N) is 5. The molecule has 3 rings (SSSR count). The minimum absolute atomic E-state index is 0.185. The molecule has 0 saturated carbocycles. The highest BCUT2D eigenvalue weighted by Crippen LogP contribution is 2.27. The molecular formula is C20H31N5O3S. The van der Waals surface area contributed by atoms with E-state index in [1.807, 2.05) is 6.07 Å². The first kappa shape index (κ1) is 21.7. The summed E-state index contributed by atoms with van der Waals surface area (Å²) in [6.07, 6.45) is 1.14. The van der Waals surface area contributed by atoms with Gasteiger partial charge in [0.25, 0.3) is 0 Å². The van der Waals surface area contributed by atoms with Crippen molar-refractivity contribution in [1.29, 1.82) is 0 Å². The van der Waals surface area contributed by atoms with Crippen LogP contribution in [0.25, 0.3) is 11.4 Å². The van der Waals surface area contributed by atoms with Gasteiger partial charge in [-0.1, -0.05) is 32.9 Å². The first-order chi connectivity index (χ1) is 13.7. The normalized spacial score (nSPS) is 18.0. The maximum absolute atomic E-state index is 12.6. The van der Waals surface area contributed by atoms with E-state index in [1.54, 1.807) is 18.2 Å². The second-order valence-electron chi connectivity index (χ2n) is 7.99. The van der Waals surface area contributed by atoms with Crippen LogP contribution in [0.1, 0.15) is 27.2 Å². The lowest BCUT2D eigenvalue weighted by atomic mass is 10.2. The molecule has 0 amide bonds. The Morgan fingerprint density at radius 3 is 2.69 bits per heavy atom. The van der Waals surface area contributed by atoms with E-state index in [0.717, 1.165) is 37.6 Å². The molecule has 1 unspecified atom stereocenters. The van der Waals surface area contributed by atoms with Crippen molar-refractivity contribution in [3.8, 4) is 11.4 Å². The van der Waals surface area contributed by atoms with E-state index in [4.69, 9.17) is 4.74 Å². The predicted octanol–water partition coefficient (Wildman–Crippen LogP) is 2.47. The summed E-state index contributed by atoms with van der Waals surface area (Å²) in [6.45, 7) is 9.37. The zero-order valence-corrected chi connectivity index (χ0v) is 18.7. The van der Waals surface area contributed by atoms with Gasteiger partial charge in [-0.2, -0.15) is 0 Å². The van der Waals surface area contributed by atoms with Gasteiger partial charge in [-0.3, -0.25) is 4.57 Å². The van der Waals surface area contributed by atoms with Crippen molar-refractivity contribution in [2.45, 2.75) is 44.7 Å². The van der Waals surface area contributed by atoms with E-state index in [-0.39, 0.29) is 11.0 Å². The summed E-state index contributed by atoms with van der Waals surface area (Å²) in [4.78, 5) is 2.47. The van der Waals surface area contributed by atoms with E-state index in [9.17, 15) is 8.42 Å². The average Bonchev–Trinajstić information content (AvgIpc) is 3.10. The molecule has 1 aromatic heterocycles. The summed E-state index contributed by atoms with van der Waals surface area (Å²) in [5, 5.41) is 8.94. The summed E-state index contributed by atoms with van der Waals surface area (Å²) in [7, 11) is -0.455. The highest BCUT2D eigenvalue weighted by atomic mass is 32.2. The van der Waals surface area contributed by atoms with Crippen LogP contribution < -0.4 is 4.90 Å². The molecule has 0 bridgehead atoms. The van der Waals surface area contributed by atoms with Crippen LogP contribution >= 0.6 is 0 Å². The van der Waals surface area contributed by atoms with Crippen molar-refractivity contribution in [2.75, 3.05) is 38.7 Å². The summed E-state index contributed by atoms with van der Waals surface area (Å²) < 4.78 is 34.2. The largest absolute Gasteiger partial charge is 0.375 e. The first-order valence-corrected chi connectivity index (χ1v) is 11.5. The van der Waals surface area contributed by atoms with Gasteiger partial charge < -0.3 is 9.64 Å². The van der Waals surface area contributed by atoms with Crippen molar-refractivity contribution in [3.05, 3.63) is 24.3 Å². The maximum atomic E-state index is 12.6. The van der Waals surface area contributed by atoms with Crippen LogP contribution in [0.2, 0.25) is 0 Å². The SMILES string of the molecule is CCC1CN(c2nnc(-c3cccc(S(=O)(=O)N(C)C)c3)n2CC(C)C)CCO1. The molecule has 29 heavy (non-hydrogen) atoms. The van der Waals surface area contributed by atoms with Gasteiger partial charge in [-0.25, -0.2) is 12.7 Å². The number of ether oxygens (including phenoxy) is 1. The van der Waals surface area contributed by atoms with Crippen LogP contribution in [0, 0.1) is 5.92 Å². The molecular weight excluding hydrogens is 390 g/mol. The van der Waals surface area contributed by atoms with E-state index < -0.39 is 10.0 Å². The zero-order valence-electron chi connectivity index (χ0n) is 17.9. The van der Waals surface area contributed by atoms with Crippen molar-refractivity contribution < 1.29 is 13.2 Å². The molecule has 1 atom stereocenters. The van der Waals surface area contributed by atoms with E-state index in [1.165, 1.54) is 18.4 Å². The highest BCUT2D eigenvalue weighted by molar-refractivity contribution is 7.89. The predicted molar refractivity (Wildman–Crippen MR) is 113 cm³/mol. The van der Waals surface area contributed by atoms with Crippen LogP contribution in [0.5, 0.6) is 0 Å². The summed E-state index contributed by atoms with van der Waals surface area (Å²) in [5.41, 5.74) is 0.743. The second kappa shape index (κ2) is 8.81. The molecule has 1 saturated heterocycles. The van der Waals surface area contributed by atoms with Crippen molar-refractivity contribution in [3.63, 3.8) is 0 Å². The molecule has 160 valence electrons. The number of morpholine rings is 1.